The topological polar surface area (TPSA) is 46.0 Å². The molecule has 0 radical (unpaired) electrons. The highest BCUT2D eigenvalue weighted by atomic mass is 32.1. The number of nitrogens with zero attached hydrogens (tertiary/aromatic N) is 2. The smallest absolute Gasteiger partial charge is 0.104 e. The second-order valence-corrected chi connectivity index (χ2v) is 3.93. The van der Waals surface area contributed by atoms with E-state index in [1.807, 2.05) is 5.38 Å². The lowest BCUT2D eigenvalue weighted by Crippen LogP contribution is -2.09. The minimum atomic E-state index is -0.369. The standard InChI is InChI=1S/C8H12N2OS/c11-8(6-3-1-2-4-6)7-5-12-10-9-7/h5-6,8,11H,1-4H2. The van der Waals surface area contributed by atoms with Crippen LogP contribution in [-0.4, -0.2) is 14.7 Å². The molecule has 3 nitrogen and oxygen atoms in total. The van der Waals surface area contributed by atoms with Gasteiger partial charge in [-0.05, 0) is 30.3 Å². The first kappa shape index (κ1) is 8.13. The van der Waals surface area contributed by atoms with Gasteiger partial charge in [0.15, 0.2) is 0 Å². The number of rotatable bonds is 2. The van der Waals surface area contributed by atoms with E-state index in [9.17, 15) is 5.11 Å². The van der Waals surface area contributed by atoms with Gasteiger partial charge in [-0.15, -0.1) is 5.10 Å². The predicted molar refractivity (Wildman–Crippen MR) is 46.8 cm³/mol. The van der Waals surface area contributed by atoms with E-state index in [1.54, 1.807) is 0 Å². The van der Waals surface area contributed by atoms with Crippen molar-refractivity contribution in [1.29, 1.82) is 0 Å². The summed E-state index contributed by atoms with van der Waals surface area (Å²) in [5, 5.41) is 15.5. The molecule has 0 amide bonds. The number of aromatic nitrogens is 2. The molecule has 1 aliphatic rings. The number of aliphatic hydroxyl groups is 1. The number of hydrogen-bond acceptors (Lipinski definition) is 4. The van der Waals surface area contributed by atoms with Crippen LogP contribution in [0, 0.1) is 5.92 Å². The Kier molecular flexibility index (Phi) is 2.37. The first-order chi connectivity index (χ1) is 5.88. The number of aliphatic hydroxyl groups excluding tert-OH is 1. The molecule has 1 atom stereocenters. The molecule has 12 heavy (non-hydrogen) atoms. The summed E-state index contributed by atoms with van der Waals surface area (Å²) in [6.07, 6.45) is 4.40. The highest BCUT2D eigenvalue weighted by Gasteiger charge is 2.25. The molecule has 1 unspecified atom stereocenters. The summed E-state index contributed by atoms with van der Waals surface area (Å²) in [5.74, 6) is 0.425. The van der Waals surface area contributed by atoms with Crippen molar-refractivity contribution in [3.8, 4) is 0 Å². The van der Waals surface area contributed by atoms with Gasteiger partial charge in [-0.2, -0.15) is 0 Å². The lowest BCUT2D eigenvalue weighted by Gasteiger charge is -2.13. The largest absolute Gasteiger partial charge is 0.386 e. The van der Waals surface area contributed by atoms with E-state index in [0.29, 0.717) is 5.92 Å². The van der Waals surface area contributed by atoms with Crippen molar-refractivity contribution in [3.63, 3.8) is 0 Å². The molecule has 0 aromatic carbocycles. The predicted octanol–water partition coefficient (Wildman–Crippen LogP) is 1.76. The summed E-state index contributed by atoms with van der Waals surface area (Å²) < 4.78 is 3.75. The van der Waals surface area contributed by atoms with Crippen molar-refractivity contribution in [2.45, 2.75) is 31.8 Å². The minimum Gasteiger partial charge on any atom is -0.386 e. The van der Waals surface area contributed by atoms with Gasteiger partial charge in [-0.3, -0.25) is 0 Å². The zero-order chi connectivity index (χ0) is 8.39. The summed E-state index contributed by atoms with van der Waals surface area (Å²) in [6.45, 7) is 0. The molecule has 1 N–H and O–H groups in total. The molecule has 1 heterocycles. The average molecular weight is 184 g/mol. The fraction of sp³-hybridized carbons (Fsp3) is 0.750. The molecule has 4 heteroatoms. The number of hydrogen-bond donors (Lipinski definition) is 1. The third kappa shape index (κ3) is 1.49. The van der Waals surface area contributed by atoms with Crippen LogP contribution in [0.25, 0.3) is 0 Å². The first-order valence-corrected chi connectivity index (χ1v) is 5.16. The lowest BCUT2D eigenvalue weighted by atomic mass is 9.99. The van der Waals surface area contributed by atoms with E-state index >= 15 is 0 Å². The van der Waals surface area contributed by atoms with Crippen molar-refractivity contribution in [2.24, 2.45) is 5.92 Å². The van der Waals surface area contributed by atoms with E-state index in [4.69, 9.17) is 0 Å². The molecule has 1 aliphatic carbocycles. The zero-order valence-electron chi connectivity index (χ0n) is 6.81. The monoisotopic (exact) mass is 184 g/mol. The Bertz CT molecular complexity index is 231. The van der Waals surface area contributed by atoms with Crippen molar-refractivity contribution in [2.75, 3.05) is 0 Å². The summed E-state index contributed by atoms with van der Waals surface area (Å²) in [7, 11) is 0. The minimum absolute atomic E-state index is 0.369. The Hall–Kier alpha value is -0.480. The third-order valence-electron chi connectivity index (χ3n) is 2.53. The van der Waals surface area contributed by atoms with Gasteiger partial charge < -0.3 is 5.11 Å². The van der Waals surface area contributed by atoms with Crippen LogP contribution in [-0.2, 0) is 0 Å². The van der Waals surface area contributed by atoms with Gasteiger partial charge in [0.25, 0.3) is 0 Å². The summed E-state index contributed by atoms with van der Waals surface area (Å²) >= 11 is 1.31. The first-order valence-electron chi connectivity index (χ1n) is 4.33. The molecular weight excluding hydrogens is 172 g/mol. The Morgan fingerprint density at radius 2 is 2.25 bits per heavy atom. The van der Waals surface area contributed by atoms with Gasteiger partial charge in [0.1, 0.15) is 11.8 Å². The maximum atomic E-state index is 9.81. The lowest BCUT2D eigenvalue weighted by molar-refractivity contribution is 0.107. The van der Waals surface area contributed by atoms with Gasteiger partial charge in [0.05, 0.1) is 0 Å². The quantitative estimate of drug-likeness (QED) is 0.761. The molecule has 66 valence electrons. The van der Waals surface area contributed by atoms with Gasteiger partial charge in [-0.1, -0.05) is 17.3 Å². The van der Waals surface area contributed by atoms with Crippen LogP contribution in [0.15, 0.2) is 5.38 Å². The Morgan fingerprint density at radius 1 is 1.50 bits per heavy atom. The van der Waals surface area contributed by atoms with Gasteiger partial charge in [0.2, 0.25) is 0 Å². The molecule has 1 fully saturated rings. The van der Waals surface area contributed by atoms with Crippen LogP contribution in [0.5, 0.6) is 0 Å². The van der Waals surface area contributed by atoms with E-state index in [1.165, 1.54) is 24.4 Å². The van der Waals surface area contributed by atoms with Gasteiger partial charge >= 0.3 is 0 Å². The van der Waals surface area contributed by atoms with Crippen LogP contribution in [0.3, 0.4) is 0 Å². The van der Waals surface area contributed by atoms with E-state index in [2.05, 4.69) is 9.59 Å². The van der Waals surface area contributed by atoms with Gasteiger partial charge in [0, 0.05) is 5.38 Å². The highest BCUT2D eigenvalue weighted by Crippen LogP contribution is 2.34. The molecule has 1 aromatic heterocycles. The highest BCUT2D eigenvalue weighted by molar-refractivity contribution is 7.03. The summed E-state index contributed by atoms with van der Waals surface area (Å²) in [6, 6.07) is 0. The normalized spacial score (nSPS) is 21.4. The zero-order valence-corrected chi connectivity index (χ0v) is 7.63. The van der Waals surface area contributed by atoms with Crippen LogP contribution in [0.2, 0.25) is 0 Å². The molecule has 2 rings (SSSR count). The fourth-order valence-electron chi connectivity index (χ4n) is 1.82. The van der Waals surface area contributed by atoms with Crippen LogP contribution in [0.4, 0.5) is 0 Å². The molecule has 0 spiro atoms. The molecule has 0 saturated heterocycles. The van der Waals surface area contributed by atoms with Crippen molar-refractivity contribution in [3.05, 3.63) is 11.1 Å². The second-order valence-electron chi connectivity index (χ2n) is 3.32. The third-order valence-corrected chi connectivity index (χ3v) is 3.05. The Morgan fingerprint density at radius 3 is 2.83 bits per heavy atom. The molecule has 0 aliphatic heterocycles. The van der Waals surface area contributed by atoms with Gasteiger partial charge in [-0.25, -0.2) is 0 Å². The molecule has 1 saturated carbocycles. The van der Waals surface area contributed by atoms with Crippen LogP contribution in [0.1, 0.15) is 37.5 Å². The fourth-order valence-corrected chi connectivity index (χ4v) is 2.30. The van der Waals surface area contributed by atoms with Crippen molar-refractivity contribution in [1.82, 2.24) is 9.59 Å². The molecule has 1 aromatic rings. The Balaban J connectivity index is 2.04. The maximum absolute atomic E-state index is 9.81. The second kappa shape index (κ2) is 3.49. The Labute approximate surface area is 75.6 Å². The van der Waals surface area contributed by atoms with Crippen LogP contribution < -0.4 is 0 Å². The van der Waals surface area contributed by atoms with Crippen molar-refractivity contribution < 1.29 is 5.11 Å². The maximum Gasteiger partial charge on any atom is 0.104 e. The van der Waals surface area contributed by atoms with Crippen LogP contribution >= 0.6 is 11.5 Å². The summed E-state index contributed by atoms with van der Waals surface area (Å²) in [5.41, 5.74) is 0.756. The van der Waals surface area contributed by atoms with E-state index in [0.717, 1.165) is 18.5 Å². The SMILES string of the molecule is OC(c1csnn1)C1CCCC1. The van der Waals surface area contributed by atoms with Crippen molar-refractivity contribution >= 4 is 11.5 Å². The average Bonchev–Trinajstić information content (AvgIpc) is 2.77. The van der Waals surface area contributed by atoms with E-state index in [-0.39, 0.29) is 6.10 Å². The molecule has 0 bridgehead atoms. The molecular formula is C8H12N2OS. The summed E-state index contributed by atoms with van der Waals surface area (Å²) in [4.78, 5) is 0. The van der Waals surface area contributed by atoms with E-state index < -0.39 is 0 Å².